The van der Waals surface area contributed by atoms with E-state index in [0.717, 1.165) is 49.4 Å². The summed E-state index contributed by atoms with van der Waals surface area (Å²) in [5.41, 5.74) is 2.24. The van der Waals surface area contributed by atoms with E-state index in [1.54, 1.807) is 41.3 Å². The lowest BCUT2D eigenvalue weighted by atomic mass is 9.89. The van der Waals surface area contributed by atoms with Crippen LogP contribution in [0.2, 0.25) is 0 Å². The Balaban J connectivity index is 1.15. The molecule has 0 spiro atoms. The van der Waals surface area contributed by atoms with Crippen LogP contribution in [-0.2, 0) is 4.79 Å². The van der Waals surface area contributed by atoms with Crippen molar-refractivity contribution in [3.8, 4) is 5.75 Å². The molecule has 2 aliphatic carbocycles. The second-order valence-corrected chi connectivity index (χ2v) is 10.7. The van der Waals surface area contributed by atoms with Crippen LogP contribution in [0.1, 0.15) is 61.3 Å². The van der Waals surface area contributed by atoms with Crippen LogP contribution >= 0.6 is 0 Å². The Labute approximate surface area is 225 Å². The van der Waals surface area contributed by atoms with E-state index >= 15 is 0 Å². The first-order valence-electron chi connectivity index (χ1n) is 13.5. The minimum atomic E-state index is -0.342. The zero-order valence-corrected chi connectivity index (χ0v) is 22.2. The lowest BCUT2D eigenvalue weighted by Gasteiger charge is -2.36. The summed E-state index contributed by atoms with van der Waals surface area (Å²) in [4.78, 5) is 32.3. The molecule has 6 rings (SSSR count). The van der Waals surface area contributed by atoms with E-state index in [2.05, 4.69) is 15.4 Å². The third kappa shape index (κ3) is 4.82. The van der Waals surface area contributed by atoms with Crippen molar-refractivity contribution < 1.29 is 19.4 Å². The fraction of sp³-hybridized carbons (Fsp3) is 0.464. The van der Waals surface area contributed by atoms with E-state index in [0.29, 0.717) is 29.1 Å². The van der Waals surface area contributed by atoms with Gasteiger partial charge in [0.1, 0.15) is 11.4 Å². The first-order chi connectivity index (χ1) is 18.9. The van der Waals surface area contributed by atoms with E-state index in [4.69, 9.17) is 9.84 Å². The normalized spacial score (nSPS) is 23.3. The third-order valence-electron chi connectivity index (χ3n) is 8.31. The number of benzene rings is 1. The number of amides is 2. The molecule has 2 fully saturated rings. The maximum Gasteiger partial charge on any atom is 0.259 e. The van der Waals surface area contributed by atoms with Crippen LogP contribution in [0.3, 0.4) is 0 Å². The molecule has 2 saturated carbocycles. The van der Waals surface area contributed by atoms with Gasteiger partial charge in [0.25, 0.3) is 5.91 Å². The highest BCUT2D eigenvalue weighted by Gasteiger charge is 2.34. The number of aromatic nitrogens is 5. The Kier molecular flexibility index (Phi) is 6.68. The number of rotatable bonds is 6. The molecular formula is C28H33N7O4. The van der Waals surface area contributed by atoms with Crippen molar-refractivity contribution in [2.45, 2.75) is 63.1 Å². The van der Waals surface area contributed by atoms with Crippen LogP contribution in [0, 0.1) is 5.92 Å². The largest absolute Gasteiger partial charge is 0.496 e. The second-order valence-electron chi connectivity index (χ2n) is 10.7. The van der Waals surface area contributed by atoms with Gasteiger partial charge in [-0.25, -0.2) is 9.50 Å². The Morgan fingerprint density at radius 3 is 2.72 bits per heavy atom. The van der Waals surface area contributed by atoms with E-state index in [1.165, 1.54) is 7.11 Å². The number of nitrogens with one attached hydrogen (secondary N) is 1. The molecule has 4 aromatic rings. The second kappa shape index (κ2) is 10.3. The van der Waals surface area contributed by atoms with Crippen LogP contribution in [0.25, 0.3) is 16.6 Å². The van der Waals surface area contributed by atoms with Gasteiger partial charge in [0, 0.05) is 49.1 Å². The van der Waals surface area contributed by atoms with Crippen LogP contribution in [0.5, 0.6) is 5.75 Å². The van der Waals surface area contributed by atoms with Crippen molar-refractivity contribution in [3.05, 3.63) is 48.5 Å². The predicted molar refractivity (Wildman–Crippen MR) is 145 cm³/mol. The Morgan fingerprint density at radius 2 is 1.97 bits per heavy atom. The van der Waals surface area contributed by atoms with Gasteiger partial charge in [-0.05, 0) is 57.1 Å². The first kappa shape index (κ1) is 25.3. The maximum absolute atomic E-state index is 13.2. The summed E-state index contributed by atoms with van der Waals surface area (Å²) in [6, 6.07) is 5.80. The molecule has 0 radical (unpaired) electrons. The van der Waals surface area contributed by atoms with E-state index in [9.17, 15) is 14.7 Å². The highest BCUT2D eigenvalue weighted by atomic mass is 16.5. The molecule has 204 valence electrons. The third-order valence-corrected chi connectivity index (χ3v) is 8.31. The number of aliphatic hydroxyl groups is 1. The van der Waals surface area contributed by atoms with Crippen molar-refractivity contribution in [2.24, 2.45) is 5.92 Å². The molecule has 39 heavy (non-hydrogen) atoms. The molecule has 2 amide bonds. The average molecular weight is 532 g/mol. The molecular weight excluding hydrogens is 498 g/mol. The predicted octanol–water partition coefficient (Wildman–Crippen LogP) is 3.44. The van der Waals surface area contributed by atoms with Crippen molar-refractivity contribution in [1.82, 2.24) is 29.3 Å². The molecule has 0 bridgehead atoms. The fourth-order valence-electron chi connectivity index (χ4n) is 6.07. The first-order valence-corrected chi connectivity index (χ1v) is 13.5. The molecule has 2 unspecified atom stereocenters. The summed E-state index contributed by atoms with van der Waals surface area (Å²) in [7, 11) is 3.44. The molecule has 11 heteroatoms. The van der Waals surface area contributed by atoms with Crippen LogP contribution in [-0.4, -0.2) is 72.5 Å². The average Bonchev–Trinajstić information content (AvgIpc) is 3.70. The zero-order chi connectivity index (χ0) is 27.1. The van der Waals surface area contributed by atoms with Gasteiger partial charge in [-0.2, -0.15) is 10.2 Å². The van der Waals surface area contributed by atoms with E-state index in [1.807, 2.05) is 22.8 Å². The quantitative estimate of drug-likeness (QED) is 0.390. The highest BCUT2D eigenvalue weighted by Crippen LogP contribution is 2.35. The number of anilines is 1. The summed E-state index contributed by atoms with van der Waals surface area (Å²) >= 11 is 0. The number of aliphatic hydroxyl groups excluding tert-OH is 1. The van der Waals surface area contributed by atoms with Gasteiger partial charge >= 0.3 is 0 Å². The molecule has 11 nitrogen and oxygen atoms in total. The lowest BCUT2D eigenvalue weighted by Crippen LogP contribution is -2.42. The number of hydrogen-bond acceptors (Lipinski definition) is 7. The van der Waals surface area contributed by atoms with Gasteiger partial charge in [-0.1, -0.05) is 0 Å². The number of hydrogen-bond donors (Lipinski definition) is 2. The van der Waals surface area contributed by atoms with Gasteiger partial charge in [0.2, 0.25) is 5.91 Å². The van der Waals surface area contributed by atoms with Crippen molar-refractivity contribution in [2.75, 3.05) is 19.5 Å². The minimum absolute atomic E-state index is 0.0513. The Hall–Kier alpha value is -3.99. The fourth-order valence-corrected chi connectivity index (χ4v) is 6.07. The molecule has 0 saturated heterocycles. The minimum Gasteiger partial charge on any atom is -0.496 e. The van der Waals surface area contributed by atoms with Crippen LogP contribution in [0.4, 0.5) is 5.69 Å². The molecule has 0 aliphatic heterocycles. The van der Waals surface area contributed by atoms with Gasteiger partial charge in [0.15, 0.2) is 5.65 Å². The number of nitrogens with zero attached hydrogens (tertiary/aromatic N) is 6. The summed E-state index contributed by atoms with van der Waals surface area (Å²) in [5, 5.41) is 22.6. The Morgan fingerprint density at radius 1 is 1.15 bits per heavy atom. The number of carbonyl (C=O) groups excluding carboxylic acids is 2. The number of ether oxygens (including phenoxy) is 1. The zero-order valence-electron chi connectivity index (χ0n) is 22.2. The molecule has 2 aliphatic rings. The summed E-state index contributed by atoms with van der Waals surface area (Å²) in [6.45, 7) is 0. The molecule has 2 N–H and O–H groups in total. The van der Waals surface area contributed by atoms with Crippen molar-refractivity contribution >= 4 is 34.1 Å². The van der Waals surface area contributed by atoms with Gasteiger partial charge in [0.05, 0.1) is 36.5 Å². The topological polar surface area (TPSA) is 127 Å². The summed E-state index contributed by atoms with van der Waals surface area (Å²) in [6.07, 6.45) is 12.3. The van der Waals surface area contributed by atoms with Crippen molar-refractivity contribution in [1.29, 1.82) is 0 Å². The summed E-state index contributed by atoms with van der Waals surface area (Å²) in [5.74, 6) is 0.239. The van der Waals surface area contributed by atoms with E-state index < -0.39 is 0 Å². The van der Waals surface area contributed by atoms with Crippen LogP contribution in [0.15, 0.2) is 43.0 Å². The molecule has 1 aromatic carbocycles. The Bertz CT molecular complexity index is 1520. The summed E-state index contributed by atoms with van der Waals surface area (Å²) < 4.78 is 9.14. The van der Waals surface area contributed by atoms with Gasteiger partial charge in [-0.3, -0.25) is 14.3 Å². The lowest BCUT2D eigenvalue weighted by molar-refractivity contribution is -0.137. The maximum atomic E-state index is 13.2. The van der Waals surface area contributed by atoms with E-state index in [-0.39, 0.29) is 35.9 Å². The van der Waals surface area contributed by atoms with Gasteiger partial charge < -0.3 is 20.1 Å². The van der Waals surface area contributed by atoms with Gasteiger partial charge in [-0.15, -0.1) is 0 Å². The number of methoxy groups -OCH3 is 1. The number of carbonyl (C=O) groups is 2. The molecule has 3 heterocycles. The van der Waals surface area contributed by atoms with Crippen LogP contribution < -0.4 is 10.1 Å². The smallest absolute Gasteiger partial charge is 0.259 e. The standard InChI is InChI=1S/C28H33N7O4/c1-33(28(38)17-4-9-21(36)12-17)19-5-7-20(8-6-19)35-16-18-13-22(25(39-2)14-23(18)32-35)27(37)31-24-15-30-34-11-3-10-29-26(24)34/h3,10-11,13-17,19-21,36H,4-9,12H2,1-2H3,(H,31,37). The monoisotopic (exact) mass is 531 g/mol. The SMILES string of the molecule is COc1cc2nn(C3CCC(N(C)C(=O)C4CCC(O)C4)CC3)cc2cc1C(=O)Nc1cnn2cccnc12. The molecule has 3 aromatic heterocycles. The molecule has 2 atom stereocenters. The highest BCUT2D eigenvalue weighted by molar-refractivity contribution is 6.09. The number of fused-ring (bicyclic) bond motifs is 2. The van der Waals surface area contributed by atoms with Crippen molar-refractivity contribution in [3.63, 3.8) is 0 Å².